The summed E-state index contributed by atoms with van der Waals surface area (Å²) in [5, 5.41) is 7.32. The molecule has 0 saturated heterocycles. The minimum atomic E-state index is 1.40. The van der Waals surface area contributed by atoms with Crippen LogP contribution in [0.4, 0.5) is 0 Å². The van der Waals surface area contributed by atoms with Crippen LogP contribution < -0.4 is 0 Å². The first-order valence-electron chi connectivity index (χ1n) is 4.88. The van der Waals surface area contributed by atoms with Gasteiger partial charge < -0.3 is 0 Å². The van der Waals surface area contributed by atoms with Gasteiger partial charge in [0.15, 0.2) is 0 Å². The fourth-order valence-corrected chi connectivity index (χ4v) is 1.84. The Morgan fingerprint density at radius 1 is 0.733 bits per heavy atom. The quantitative estimate of drug-likeness (QED) is 0.531. The van der Waals surface area contributed by atoms with E-state index in [0.29, 0.717) is 0 Å². The lowest BCUT2D eigenvalue weighted by Gasteiger charge is -2.22. The Balaban J connectivity index is 0.000000258. The van der Waals surface area contributed by atoms with Crippen molar-refractivity contribution >= 4 is 0 Å². The smallest absolute Gasteiger partial charge is 0.0587 e. The van der Waals surface area contributed by atoms with Gasteiger partial charge in [-0.2, -0.15) is 5.26 Å². The zero-order chi connectivity index (χ0) is 10.7. The molecule has 0 saturated carbocycles. The molecular weight excluding hydrogens is 182 g/mol. The summed E-state index contributed by atoms with van der Waals surface area (Å²) in [6.45, 7) is 1.43. The van der Waals surface area contributed by atoms with E-state index in [4.69, 9.17) is 5.26 Å². The Kier molecular flexibility index (Phi) is 2.51. The summed E-state index contributed by atoms with van der Waals surface area (Å²) in [6, 6.07) is 18.8. The molecule has 1 nitrogen and oxygen atoms in total. The minimum Gasteiger partial charge on any atom is -0.199 e. The van der Waals surface area contributed by atoms with E-state index in [9.17, 15) is 0 Å². The van der Waals surface area contributed by atoms with Crippen LogP contribution in [0, 0.1) is 11.3 Å². The third-order valence-corrected chi connectivity index (χ3v) is 2.43. The fourth-order valence-electron chi connectivity index (χ4n) is 1.84. The van der Waals surface area contributed by atoms with E-state index in [1.807, 2.05) is 0 Å². The van der Waals surface area contributed by atoms with Gasteiger partial charge in [0.1, 0.15) is 0 Å². The van der Waals surface area contributed by atoms with Gasteiger partial charge in [-0.25, -0.2) is 0 Å². The maximum absolute atomic E-state index is 7.32. The Bertz CT molecular complexity index is 421. The van der Waals surface area contributed by atoms with Gasteiger partial charge in [-0.15, -0.1) is 0 Å². The maximum Gasteiger partial charge on any atom is 0.0587 e. The van der Waals surface area contributed by atoms with Gasteiger partial charge in [-0.3, -0.25) is 0 Å². The molecule has 0 bridgehead atoms. The molecule has 0 spiro atoms. The molecule has 2 aromatic rings. The van der Waals surface area contributed by atoms with Crippen molar-refractivity contribution in [1.82, 2.24) is 0 Å². The van der Waals surface area contributed by atoms with Crippen molar-refractivity contribution < 1.29 is 0 Å². The van der Waals surface area contributed by atoms with Crippen LogP contribution in [0.2, 0.25) is 0 Å². The number of rotatable bonds is 0. The summed E-state index contributed by atoms with van der Waals surface area (Å²) in [6.07, 6.45) is 0. The first kappa shape index (κ1) is 9.48. The molecule has 2 aromatic carbocycles. The van der Waals surface area contributed by atoms with Gasteiger partial charge >= 0.3 is 0 Å². The third kappa shape index (κ3) is 1.51. The Hall–Kier alpha value is -2.07. The second-order valence-corrected chi connectivity index (χ2v) is 3.31. The number of hydrogen-bond acceptors (Lipinski definition) is 1. The minimum absolute atomic E-state index is 1.40. The predicted octanol–water partition coefficient (Wildman–Crippen LogP) is 3.86. The molecule has 3 rings (SSSR count). The van der Waals surface area contributed by atoms with E-state index in [2.05, 4.69) is 48.5 Å². The Labute approximate surface area is 89.6 Å². The summed E-state index contributed by atoms with van der Waals surface area (Å²) < 4.78 is 0. The van der Waals surface area contributed by atoms with Gasteiger partial charge in [0, 0.05) is 6.92 Å². The van der Waals surface area contributed by atoms with Crippen molar-refractivity contribution in [2.24, 2.45) is 0 Å². The zero-order valence-corrected chi connectivity index (χ0v) is 8.57. The summed E-state index contributed by atoms with van der Waals surface area (Å²) >= 11 is 0. The zero-order valence-electron chi connectivity index (χ0n) is 8.57. The van der Waals surface area contributed by atoms with Gasteiger partial charge in [0.25, 0.3) is 0 Å². The molecule has 0 aliphatic heterocycles. The molecule has 15 heavy (non-hydrogen) atoms. The van der Waals surface area contributed by atoms with Crippen molar-refractivity contribution in [1.29, 1.82) is 5.26 Å². The highest BCUT2D eigenvalue weighted by Crippen LogP contribution is 2.46. The van der Waals surface area contributed by atoms with Crippen molar-refractivity contribution in [3.05, 3.63) is 48.5 Å². The number of hydrogen-bond donors (Lipinski definition) is 0. The molecule has 0 atom stereocenters. The highest BCUT2D eigenvalue weighted by Gasteiger charge is 2.19. The SMILES string of the molecule is CC#N.c1ccc2c(c1)-c1ccccc1-2. The second kappa shape index (κ2) is 3.98. The van der Waals surface area contributed by atoms with Crippen molar-refractivity contribution in [3.8, 4) is 28.3 Å². The van der Waals surface area contributed by atoms with E-state index in [1.54, 1.807) is 6.07 Å². The number of fused-ring (bicyclic) bond motifs is 4. The van der Waals surface area contributed by atoms with Crippen LogP contribution in [0.15, 0.2) is 48.5 Å². The average molecular weight is 193 g/mol. The fraction of sp³-hybridized carbons (Fsp3) is 0.0714. The van der Waals surface area contributed by atoms with E-state index in [1.165, 1.54) is 29.2 Å². The highest BCUT2D eigenvalue weighted by atomic mass is 14.2. The molecule has 72 valence electrons. The van der Waals surface area contributed by atoms with Crippen LogP contribution >= 0.6 is 0 Å². The van der Waals surface area contributed by atoms with Crippen molar-refractivity contribution in [2.45, 2.75) is 6.92 Å². The van der Waals surface area contributed by atoms with Crippen LogP contribution in [-0.2, 0) is 0 Å². The van der Waals surface area contributed by atoms with Crippen molar-refractivity contribution in [2.75, 3.05) is 0 Å². The summed E-state index contributed by atoms with van der Waals surface area (Å²) in [7, 11) is 0. The first-order valence-corrected chi connectivity index (χ1v) is 4.88. The lowest BCUT2D eigenvalue weighted by molar-refractivity contribution is 1.49. The van der Waals surface area contributed by atoms with Crippen LogP contribution in [-0.4, -0.2) is 0 Å². The van der Waals surface area contributed by atoms with Crippen molar-refractivity contribution in [3.63, 3.8) is 0 Å². The molecule has 0 radical (unpaired) electrons. The molecular formula is C14H11N. The second-order valence-electron chi connectivity index (χ2n) is 3.31. The van der Waals surface area contributed by atoms with Crippen LogP contribution in [0.3, 0.4) is 0 Å². The summed E-state index contributed by atoms with van der Waals surface area (Å²) in [5.41, 5.74) is 5.59. The molecule has 0 N–H and O–H groups in total. The maximum atomic E-state index is 7.32. The van der Waals surface area contributed by atoms with Gasteiger partial charge in [0.05, 0.1) is 6.07 Å². The molecule has 0 aromatic heterocycles. The van der Waals surface area contributed by atoms with Gasteiger partial charge in [0.2, 0.25) is 0 Å². The lowest BCUT2D eigenvalue weighted by Crippen LogP contribution is -1.96. The first-order chi connectivity index (χ1) is 7.38. The number of nitriles is 1. The highest BCUT2D eigenvalue weighted by molar-refractivity contribution is 6.01. The van der Waals surface area contributed by atoms with Gasteiger partial charge in [-0.1, -0.05) is 48.5 Å². The molecule has 0 fully saturated rings. The van der Waals surface area contributed by atoms with Crippen LogP contribution in [0.25, 0.3) is 22.3 Å². The van der Waals surface area contributed by atoms with E-state index in [-0.39, 0.29) is 0 Å². The number of benzene rings is 2. The molecule has 1 aliphatic carbocycles. The predicted molar refractivity (Wildman–Crippen MR) is 62.2 cm³/mol. The molecule has 0 amide bonds. The lowest BCUT2D eigenvalue weighted by atomic mass is 9.81. The average Bonchev–Trinajstić information content (AvgIpc) is 2.27. The van der Waals surface area contributed by atoms with Crippen LogP contribution in [0.5, 0.6) is 0 Å². The van der Waals surface area contributed by atoms with E-state index < -0.39 is 0 Å². The van der Waals surface area contributed by atoms with E-state index in [0.717, 1.165) is 0 Å². The normalized spacial score (nSPS) is 9.60. The summed E-state index contributed by atoms with van der Waals surface area (Å²) in [5.74, 6) is 0. The topological polar surface area (TPSA) is 23.8 Å². The standard InChI is InChI=1S/C12H8.C2H3N/c1-2-6-10-9(5-1)11-7-3-4-8-12(10)11;1-2-3/h1-8H;1H3. The Morgan fingerprint density at radius 2 is 0.933 bits per heavy atom. The summed E-state index contributed by atoms with van der Waals surface area (Å²) in [4.78, 5) is 0. The van der Waals surface area contributed by atoms with E-state index >= 15 is 0 Å². The molecule has 1 heteroatoms. The largest absolute Gasteiger partial charge is 0.199 e. The molecule has 0 heterocycles. The van der Waals surface area contributed by atoms with Gasteiger partial charge in [-0.05, 0) is 22.3 Å². The number of nitrogens with zero attached hydrogens (tertiary/aromatic N) is 1. The molecule has 0 unspecified atom stereocenters. The van der Waals surface area contributed by atoms with Crippen LogP contribution in [0.1, 0.15) is 6.92 Å². The monoisotopic (exact) mass is 193 g/mol. The third-order valence-electron chi connectivity index (χ3n) is 2.43. The Morgan fingerprint density at radius 3 is 1.13 bits per heavy atom. The molecule has 1 aliphatic rings.